The summed E-state index contributed by atoms with van der Waals surface area (Å²) in [5.41, 5.74) is 2.51. The van der Waals surface area contributed by atoms with E-state index < -0.39 is 0 Å². The molecule has 1 aromatic carbocycles. The van der Waals surface area contributed by atoms with Gasteiger partial charge < -0.3 is 14.8 Å². The molecule has 2 aliphatic heterocycles. The monoisotopic (exact) mass is 325 g/mol. The van der Waals surface area contributed by atoms with Crippen molar-refractivity contribution in [1.29, 1.82) is 0 Å². The van der Waals surface area contributed by atoms with Crippen LogP contribution in [0, 0.1) is 0 Å². The second-order valence-electron chi connectivity index (χ2n) is 6.27. The van der Waals surface area contributed by atoms with Crippen LogP contribution in [0.15, 0.2) is 42.7 Å². The maximum Gasteiger partial charge on any atom is 0.165 e. The van der Waals surface area contributed by atoms with Crippen LogP contribution in [-0.2, 0) is 6.54 Å². The van der Waals surface area contributed by atoms with Gasteiger partial charge in [-0.15, -0.1) is 0 Å². The van der Waals surface area contributed by atoms with E-state index >= 15 is 0 Å². The zero-order chi connectivity index (χ0) is 16.2. The zero-order valence-electron chi connectivity index (χ0n) is 13.8. The summed E-state index contributed by atoms with van der Waals surface area (Å²) >= 11 is 0. The van der Waals surface area contributed by atoms with Crippen LogP contribution in [0.2, 0.25) is 0 Å². The summed E-state index contributed by atoms with van der Waals surface area (Å²) in [5.74, 6) is 1.79. The molecule has 0 amide bonds. The predicted octanol–water partition coefficient (Wildman–Crippen LogP) is 2.39. The first kappa shape index (κ1) is 15.4. The number of benzene rings is 1. The lowest BCUT2D eigenvalue weighted by molar-refractivity contribution is 0.151. The van der Waals surface area contributed by atoms with Gasteiger partial charge in [-0.25, -0.2) is 0 Å². The minimum atomic E-state index is 0.351. The van der Waals surface area contributed by atoms with E-state index in [0.29, 0.717) is 6.04 Å². The molecule has 2 aliphatic rings. The highest BCUT2D eigenvalue weighted by Gasteiger charge is 2.25. The molecule has 1 N–H and O–H groups in total. The van der Waals surface area contributed by atoms with Gasteiger partial charge in [-0.05, 0) is 23.8 Å². The minimum Gasteiger partial charge on any atom is -0.490 e. The molecule has 1 saturated heterocycles. The lowest BCUT2D eigenvalue weighted by atomic mass is 10.0. The van der Waals surface area contributed by atoms with E-state index in [9.17, 15) is 0 Å². The summed E-state index contributed by atoms with van der Waals surface area (Å²) in [6, 6.07) is 10.8. The quantitative estimate of drug-likeness (QED) is 0.939. The van der Waals surface area contributed by atoms with Crippen LogP contribution in [0.3, 0.4) is 0 Å². The Labute approximate surface area is 142 Å². The standard InChI is InChI=1S/C19H23N3O2/c1-3-16(19-18(4-1)23-11-2-12-24-19)14-22-10-9-21-13-17(22)15-5-7-20-8-6-15/h1,3-8,17,21H,2,9-14H2. The summed E-state index contributed by atoms with van der Waals surface area (Å²) in [6.45, 7) is 5.28. The Hall–Kier alpha value is -2.11. The molecular weight excluding hydrogens is 302 g/mol. The molecule has 3 heterocycles. The van der Waals surface area contributed by atoms with Gasteiger partial charge in [-0.3, -0.25) is 9.88 Å². The van der Waals surface area contributed by atoms with Gasteiger partial charge in [0.05, 0.1) is 13.2 Å². The summed E-state index contributed by atoms with van der Waals surface area (Å²) in [7, 11) is 0. The topological polar surface area (TPSA) is 46.6 Å². The maximum atomic E-state index is 5.98. The van der Waals surface area contributed by atoms with Gasteiger partial charge in [0.2, 0.25) is 0 Å². The Morgan fingerprint density at radius 2 is 2.00 bits per heavy atom. The molecule has 0 saturated carbocycles. The fourth-order valence-corrected chi connectivity index (χ4v) is 3.45. The van der Waals surface area contributed by atoms with Crippen LogP contribution in [0.4, 0.5) is 0 Å². The SMILES string of the molecule is c1cc(CN2CCNCC2c2ccncc2)c2c(c1)OCCCO2. The molecule has 1 atom stereocenters. The van der Waals surface area contributed by atoms with E-state index in [2.05, 4.69) is 39.5 Å². The van der Waals surface area contributed by atoms with Gasteiger partial charge in [-0.2, -0.15) is 0 Å². The van der Waals surface area contributed by atoms with Crippen molar-refractivity contribution in [2.75, 3.05) is 32.8 Å². The van der Waals surface area contributed by atoms with Crippen molar-refractivity contribution in [3.05, 3.63) is 53.9 Å². The average molecular weight is 325 g/mol. The highest BCUT2D eigenvalue weighted by atomic mass is 16.5. The number of aromatic nitrogens is 1. The number of hydrogen-bond donors (Lipinski definition) is 1. The molecule has 126 valence electrons. The Morgan fingerprint density at radius 1 is 1.12 bits per heavy atom. The number of fused-ring (bicyclic) bond motifs is 1. The summed E-state index contributed by atoms with van der Waals surface area (Å²) < 4.78 is 11.8. The fourth-order valence-electron chi connectivity index (χ4n) is 3.45. The highest BCUT2D eigenvalue weighted by Crippen LogP contribution is 2.35. The lowest BCUT2D eigenvalue weighted by Crippen LogP contribution is -2.45. The Morgan fingerprint density at radius 3 is 2.92 bits per heavy atom. The van der Waals surface area contributed by atoms with Crippen LogP contribution in [-0.4, -0.2) is 42.7 Å². The van der Waals surface area contributed by atoms with E-state index in [0.717, 1.165) is 57.3 Å². The predicted molar refractivity (Wildman–Crippen MR) is 92.3 cm³/mol. The highest BCUT2D eigenvalue weighted by molar-refractivity contribution is 5.47. The van der Waals surface area contributed by atoms with Crippen molar-refractivity contribution >= 4 is 0 Å². The molecule has 5 heteroatoms. The maximum absolute atomic E-state index is 5.98. The van der Waals surface area contributed by atoms with Crippen LogP contribution in [0.25, 0.3) is 0 Å². The molecule has 1 fully saturated rings. The molecule has 4 rings (SSSR count). The van der Waals surface area contributed by atoms with Crippen molar-refractivity contribution in [3.8, 4) is 11.5 Å². The van der Waals surface area contributed by atoms with Crippen molar-refractivity contribution in [2.24, 2.45) is 0 Å². The smallest absolute Gasteiger partial charge is 0.165 e. The molecule has 1 unspecified atom stereocenters. The third-order valence-corrected chi connectivity index (χ3v) is 4.67. The normalized spacial score (nSPS) is 21.2. The molecule has 5 nitrogen and oxygen atoms in total. The second kappa shape index (κ2) is 7.20. The van der Waals surface area contributed by atoms with Gasteiger partial charge >= 0.3 is 0 Å². The van der Waals surface area contributed by atoms with Crippen LogP contribution in [0.1, 0.15) is 23.6 Å². The molecule has 0 aliphatic carbocycles. The number of rotatable bonds is 3. The first-order valence-electron chi connectivity index (χ1n) is 8.64. The molecule has 24 heavy (non-hydrogen) atoms. The Kier molecular flexibility index (Phi) is 4.62. The Bertz CT molecular complexity index is 678. The number of ether oxygens (including phenoxy) is 2. The molecule has 0 radical (unpaired) electrons. The fraction of sp³-hybridized carbons (Fsp3) is 0.421. The molecular formula is C19H23N3O2. The van der Waals surface area contributed by atoms with Crippen LogP contribution < -0.4 is 14.8 Å². The van der Waals surface area contributed by atoms with Gasteiger partial charge in [0.15, 0.2) is 11.5 Å². The summed E-state index contributed by atoms with van der Waals surface area (Å²) in [6.07, 6.45) is 4.67. The third kappa shape index (κ3) is 3.23. The molecule has 2 aromatic rings. The summed E-state index contributed by atoms with van der Waals surface area (Å²) in [4.78, 5) is 6.65. The van der Waals surface area contributed by atoms with Crippen LogP contribution in [0.5, 0.6) is 11.5 Å². The van der Waals surface area contributed by atoms with Gasteiger partial charge in [-0.1, -0.05) is 12.1 Å². The lowest BCUT2D eigenvalue weighted by Gasteiger charge is -2.36. The van der Waals surface area contributed by atoms with E-state index in [1.54, 1.807) is 0 Å². The van der Waals surface area contributed by atoms with Gasteiger partial charge in [0.25, 0.3) is 0 Å². The Balaban J connectivity index is 1.59. The van der Waals surface area contributed by atoms with E-state index in [1.165, 1.54) is 11.1 Å². The van der Waals surface area contributed by atoms with Crippen molar-refractivity contribution in [2.45, 2.75) is 19.0 Å². The van der Waals surface area contributed by atoms with E-state index in [1.807, 2.05) is 18.5 Å². The van der Waals surface area contributed by atoms with E-state index in [4.69, 9.17) is 9.47 Å². The largest absolute Gasteiger partial charge is 0.490 e. The molecule has 0 spiro atoms. The zero-order valence-corrected chi connectivity index (χ0v) is 13.8. The number of piperazine rings is 1. The minimum absolute atomic E-state index is 0.351. The first-order chi connectivity index (χ1) is 11.9. The average Bonchev–Trinajstić information content (AvgIpc) is 2.89. The van der Waals surface area contributed by atoms with Crippen LogP contribution >= 0.6 is 0 Å². The van der Waals surface area contributed by atoms with Gasteiger partial charge in [0, 0.05) is 56.6 Å². The number of nitrogens with one attached hydrogen (secondary N) is 1. The van der Waals surface area contributed by atoms with Crippen molar-refractivity contribution < 1.29 is 9.47 Å². The summed E-state index contributed by atoms with van der Waals surface area (Å²) in [5, 5.41) is 3.50. The van der Waals surface area contributed by atoms with Gasteiger partial charge in [0.1, 0.15) is 0 Å². The van der Waals surface area contributed by atoms with E-state index in [-0.39, 0.29) is 0 Å². The number of para-hydroxylation sites is 1. The number of nitrogens with zero attached hydrogens (tertiary/aromatic N) is 2. The van der Waals surface area contributed by atoms with Crippen molar-refractivity contribution in [3.63, 3.8) is 0 Å². The molecule has 0 bridgehead atoms. The molecule has 1 aromatic heterocycles. The number of pyridine rings is 1. The van der Waals surface area contributed by atoms with Crippen molar-refractivity contribution in [1.82, 2.24) is 15.2 Å². The second-order valence-corrected chi connectivity index (χ2v) is 6.27. The first-order valence-corrected chi connectivity index (χ1v) is 8.64. The third-order valence-electron chi connectivity index (χ3n) is 4.67. The number of hydrogen-bond acceptors (Lipinski definition) is 5.